The van der Waals surface area contributed by atoms with E-state index in [0.717, 1.165) is 50.1 Å². The maximum absolute atomic E-state index is 14.7. The third kappa shape index (κ3) is 5.87. The predicted octanol–water partition coefficient (Wildman–Crippen LogP) is 6.96. The maximum atomic E-state index is 14.7. The summed E-state index contributed by atoms with van der Waals surface area (Å²) in [7, 11) is 0. The van der Waals surface area contributed by atoms with E-state index in [0.29, 0.717) is 18.4 Å². The van der Waals surface area contributed by atoms with Crippen molar-refractivity contribution in [2.24, 2.45) is 0 Å². The SMILES string of the molecule is CCCN1c2cc(OCc3cc(F)c(Oc4ccc(C(F)(F)F)c(Cl)c4)c(F)c3)nc(=O)n2CCC1CC. The molecule has 1 aliphatic rings. The van der Waals surface area contributed by atoms with Crippen LogP contribution in [0.25, 0.3) is 0 Å². The van der Waals surface area contributed by atoms with Gasteiger partial charge < -0.3 is 14.4 Å². The highest BCUT2D eigenvalue weighted by Crippen LogP contribution is 2.38. The van der Waals surface area contributed by atoms with Gasteiger partial charge in [0, 0.05) is 31.3 Å². The first-order valence-electron chi connectivity index (χ1n) is 12.1. The van der Waals surface area contributed by atoms with Crippen LogP contribution in [0, 0.1) is 11.6 Å². The number of alkyl halides is 3. The molecule has 0 saturated carbocycles. The number of hydrogen-bond acceptors (Lipinski definition) is 5. The molecule has 0 saturated heterocycles. The fraction of sp³-hybridized carbons (Fsp3) is 0.385. The number of rotatable bonds is 8. The molecule has 0 radical (unpaired) electrons. The van der Waals surface area contributed by atoms with Gasteiger partial charge in [0.05, 0.1) is 10.6 Å². The maximum Gasteiger partial charge on any atom is 0.417 e. The number of anilines is 1. The molecule has 2 heterocycles. The quantitative estimate of drug-likeness (QED) is 0.280. The molecule has 1 atom stereocenters. The third-order valence-electron chi connectivity index (χ3n) is 6.23. The van der Waals surface area contributed by atoms with Crippen LogP contribution in [-0.4, -0.2) is 22.1 Å². The summed E-state index contributed by atoms with van der Waals surface area (Å²) in [5.41, 5.74) is -1.47. The molecule has 0 N–H and O–H groups in total. The number of fused-ring (bicyclic) bond motifs is 1. The van der Waals surface area contributed by atoms with Crippen molar-refractivity contribution < 1.29 is 31.4 Å². The lowest BCUT2D eigenvalue weighted by Crippen LogP contribution is -2.45. The van der Waals surface area contributed by atoms with Gasteiger partial charge in [-0.1, -0.05) is 25.4 Å². The first-order valence-corrected chi connectivity index (χ1v) is 12.4. The molecule has 12 heteroatoms. The van der Waals surface area contributed by atoms with Crippen molar-refractivity contribution in [1.82, 2.24) is 9.55 Å². The predicted molar refractivity (Wildman–Crippen MR) is 132 cm³/mol. The van der Waals surface area contributed by atoms with Crippen molar-refractivity contribution in [3.63, 3.8) is 0 Å². The van der Waals surface area contributed by atoms with Gasteiger partial charge in [-0.3, -0.25) is 4.57 Å². The molecular weight excluding hydrogens is 533 g/mol. The minimum atomic E-state index is -4.68. The van der Waals surface area contributed by atoms with E-state index >= 15 is 0 Å². The Bertz CT molecular complexity index is 1360. The summed E-state index contributed by atoms with van der Waals surface area (Å²) in [4.78, 5) is 18.7. The molecular formula is C26H25ClF5N3O3. The Morgan fingerprint density at radius 3 is 2.42 bits per heavy atom. The lowest BCUT2D eigenvalue weighted by atomic mass is 10.1. The highest BCUT2D eigenvalue weighted by Gasteiger charge is 2.33. The van der Waals surface area contributed by atoms with Gasteiger partial charge in [-0.05, 0) is 49.1 Å². The van der Waals surface area contributed by atoms with Gasteiger partial charge >= 0.3 is 11.9 Å². The normalized spacial score (nSPS) is 15.4. The Kier molecular flexibility index (Phi) is 8.15. The number of hydrogen-bond donors (Lipinski definition) is 0. The topological polar surface area (TPSA) is 56.6 Å². The zero-order valence-electron chi connectivity index (χ0n) is 20.6. The average Bonchev–Trinajstić information content (AvgIpc) is 2.84. The van der Waals surface area contributed by atoms with E-state index in [1.807, 2.05) is 6.92 Å². The number of halogens is 6. The van der Waals surface area contributed by atoms with Crippen LogP contribution in [0.4, 0.5) is 27.8 Å². The molecule has 1 aliphatic heterocycles. The number of nitrogens with zero attached hydrogens (tertiary/aromatic N) is 3. The lowest BCUT2D eigenvalue weighted by molar-refractivity contribution is -0.137. The van der Waals surface area contributed by atoms with Crippen LogP contribution in [0.5, 0.6) is 17.4 Å². The summed E-state index contributed by atoms with van der Waals surface area (Å²) >= 11 is 5.65. The Balaban J connectivity index is 1.52. The van der Waals surface area contributed by atoms with Crippen molar-refractivity contribution in [3.8, 4) is 17.4 Å². The van der Waals surface area contributed by atoms with Crippen LogP contribution >= 0.6 is 11.6 Å². The summed E-state index contributed by atoms with van der Waals surface area (Å²) < 4.78 is 80.4. The second-order valence-corrected chi connectivity index (χ2v) is 9.26. The minimum Gasteiger partial charge on any atom is -0.473 e. The monoisotopic (exact) mass is 557 g/mol. The molecule has 3 aromatic rings. The molecule has 0 aliphatic carbocycles. The Labute approximate surface area is 220 Å². The van der Waals surface area contributed by atoms with Gasteiger partial charge in [0.2, 0.25) is 5.88 Å². The van der Waals surface area contributed by atoms with E-state index < -0.39 is 39.8 Å². The van der Waals surface area contributed by atoms with Gasteiger partial charge in [0.15, 0.2) is 17.4 Å². The standard InChI is InChI=1S/C26H25ClF5N3O3/c1-3-8-34-16(4-2)7-9-35-23(34)13-22(33-25(35)36)37-14-15-10-20(28)24(21(29)11-15)38-17-5-6-18(19(27)12-17)26(30,31)32/h5-6,10-13,16H,3-4,7-9,14H2,1-2H3. The molecule has 0 spiro atoms. The van der Waals surface area contributed by atoms with Crippen LogP contribution in [0.1, 0.15) is 44.2 Å². The first kappa shape index (κ1) is 27.7. The van der Waals surface area contributed by atoms with E-state index in [1.54, 1.807) is 10.6 Å². The molecule has 6 nitrogen and oxygen atoms in total. The Morgan fingerprint density at radius 2 is 1.82 bits per heavy atom. The molecule has 0 fully saturated rings. The molecule has 0 amide bonds. The zero-order chi connectivity index (χ0) is 27.6. The number of benzene rings is 2. The average molecular weight is 558 g/mol. The van der Waals surface area contributed by atoms with Crippen molar-refractivity contribution in [1.29, 1.82) is 0 Å². The summed E-state index contributed by atoms with van der Waals surface area (Å²) in [6, 6.07) is 6.25. The fourth-order valence-corrected chi connectivity index (χ4v) is 4.71. The van der Waals surface area contributed by atoms with Crippen LogP contribution in [-0.2, 0) is 19.3 Å². The highest BCUT2D eigenvalue weighted by molar-refractivity contribution is 6.31. The molecule has 4 rings (SSSR count). The summed E-state index contributed by atoms with van der Waals surface area (Å²) in [6.07, 6.45) is -2.05. The smallest absolute Gasteiger partial charge is 0.417 e. The lowest BCUT2D eigenvalue weighted by Gasteiger charge is -2.38. The van der Waals surface area contributed by atoms with Crippen molar-refractivity contribution >= 4 is 17.4 Å². The number of aromatic nitrogens is 2. The number of ether oxygens (including phenoxy) is 2. The van der Waals surface area contributed by atoms with Crippen molar-refractivity contribution in [2.75, 3.05) is 11.4 Å². The molecule has 38 heavy (non-hydrogen) atoms. The molecule has 204 valence electrons. The van der Waals surface area contributed by atoms with E-state index in [1.165, 1.54) is 0 Å². The second kappa shape index (κ2) is 11.2. The summed E-state index contributed by atoms with van der Waals surface area (Å²) in [6.45, 7) is 5.14. The van der Waals surface area contributed by atoms with E-state index in [4.69, 9.17) is 21.1 Å². The van der Waals surface area contributed by atoms with E-state index in [2.05, 4.69) is 16.8 Å². The molecule has 2 aromatic carbocycles. The molecule has 1 unspecified atom stereocenters. The summed E-state index contributed by atoms with van der Waals surface area (Å²) in [5.74, 6) is -2.56. The van der Waals surface area contributed by atoms with Crippen LogP contribution in [0.15, 0.2) is 41.2 Å². The van der Waals surface area contributed by atoms with Crippen LogP contribution < -0.4 is 20.1 Å². The summed E-state index contributed by atoms with van der Waals surface area (Å²) in [5, 5.41) is -0.669. The Hall–Kier alpha value is -3.34. The van der Waals surface area contributed by atoms with Crippen molar-refractivity contribution in [3.05, 3.63) is 74.7 Å². The van der Waals surface area contributed by atoms with Gasteiger partial charge in [0.1, 0.15) is 18.2 Å². The minimum absolute atomic E-state index is 0.0274. The second-order valence-electron chi connectivity index (χ2n) is 8.85. The highest BCUT2D eigenvalue weighted by atomic mass is 35.5. The van der Waals surface area contributed by atoms with Gasteiger partial charge in [-0.25, -0.2) is 13.6 Å². The largest absolute Gasteiger partial charge is 0.473 e. The Morgan fingerprint density at radius 1 is 1.11 bits per heavy atom. The van der Waals surface area contributed by atoms with Crippen molar-refractivity contribution in [2.45, 2.75) is 58.5 Å². The van der Waals surface area contributed by atoms with Crippen LogP contribution in [0.3, 0.4) is 0 Å². The first-order chi connectivity index (χ1) is 18.0. The third-order valence-corrected chi connectivity index (χ3v) is 6.55. The molecule has 0 bridgehead atoms. The van der Waals surface area contributed by atoms with E-state index in [9.17, 15) is 26.7 Å². The van der Waals surface area contributed by atoms with Gasteiger partial charge in [-0.15, -0.1) is 0 Å². The zero-order valence-corrected chi connectivity index (χ0v) is 21.4. The van der Waals surface area contributed by atoms with Crippen LogP contribution in [0.2, 0.25) is 5.02 Å². The van der Waals surface area contributed by atoms with Gasteiger partial charge in [-0.2, -0.15) is 18.2 Å². The fourth-order valence-electron chi connectivity index (χ4n) is 4.44. The van der Waals surface area contributed by atoms with E-state index in [-0.39, 0.29) is 29.8 Å². The van der Waals surface area contributed by atoms with Gasteiger partial charge in [0.25, 0.3) is 0 Å². The molecule has 1 aromatic heterocycles.